The van der Waals surface area contributed by atoms with Gasteiger partial charge < -0.3 is 20.3 Å². The average molecular weight is 620 g/mol. The number of hydrogen-bond acceptors (Lipinski definition) is 4. The van der Waals surface area contributed by atoms with Crippen molar-refractivity contribution in [3.63, 3.8) is 0 Å². The highest BCUT2D eigenvalue weighted by molar-refractivity contribution is 6.34. The summed E-state index contributed by atoms with van der Waals surface area (Å²) in [5, 5.41) is 6.25. The second-order valence-electron chi connectivity index (χ2n) is 12.9. The highest BCUT2D eigenvalue weighted by atomic mass is 35.5. The number of carbonyl (C=O) groups is 3. The molecule has 2 N–H and O–H groups in total. The fourth-order valence-electron chi connectivity index (χ4n) is 4.95. The number of rotatable bonds is 10. The molecule has 2 atom stereocenters. The minimum Gasteiger partial charge on any atom is -0.444 e. The van der Waals surface area contributed by atoms with Gasteiger partial charge in [-0.3, -0.25) is 9.59 Å². The first-order chi connectivity index (χ1) is 20.5. The maximum Gasteiger partial charge on any atom is 0.408 e. The molecule has 8 heteroatoms. The first-order valence-corrected chi connectivity index (χ1v) is 15.4. The molecule has 0 heterocycles. The van der Waals surface area contributed by atoms with Crippen LogP contribution in [0.15, 0.2) is 66.7 Å². The Labute approximate surface area is 267 Å². The molecular weight excluding hydrogens is 574 g/mol. The highest BCUT2D eigenvalue weighted by Crippen LogP contribution is 2.35. The van der Waals surface area contributed by atoms with Crippen LogP contribution in [0, 0.1) is 20.8 Å². The van der Waals surface area contributed by atoms with Gasteiger partial charge in [-0.05, 0) is 95.7 Å². The monoisotopic (exact) mass is 619 g/mol. The SMILES string of the molecule is CCC(C)(C)N(C(=O)C(Cc1ccccc1)NC(=O)OC(C)(C)C)C(C(=O)Nc1c(C)cccc1Cl)c1ccc(C)c(C)c1. The number of aryl methyl sites for hydroxylation is 3. The molecule has 7 nitrogen and oxygen atoms in total. The molecule has 3 aromatic rings. The Morgan fingerprint density at radius 3 is 2.09 bits per heavy atom. The molecule has 0 aromatic heterocycles. The molecule has 0 radical (unpaired) electrons. The maximum atomic E-state index is 14.9. The van der Waals surface area contributed by atoms with Crippen molar-refractivity contribution in [2.24, 2.45) is 0 Å². The number of ether oxygens (including phenoxy) is 1. The Balaban J connectivity index is 2.19. The van der Waals surface area contributed by atoms with Crippen molar-refractivity contribution in [2.45, 2.75) is 98.4 Å². The Bertz CT molecular complexity index is 1460. The summed E-state index contributed by atoms with van der Waals surface area (Å²) in [7, 11) is 0. The van der Waals surface area contributed by atoms with E-state index in [0.717, 1.165) is 22.3 Å². The number of hydrogen-bond donors (Lipinski definition) is 2. The fourth-order valence-corrected chi connectivity index (χ4v) is 5.22. The zero-order chi connectivity index (χ0) is 32.8. The molecule has 0 aliphatic rings. The lowest BCUT2D eigenvalue weighted by atomic mass is 9.90. The summed E-state index contributed by atoms with van der Waals surface area (Å²) in [6.07, 6.45) is 0.0446. The van der Waals surface area contributed by atoms with E-state index in [-0.39, 0.29) is 6.42 Å². The lowest BCUT2D eigenvalue weighted by Gasteiger charge is -2.44. The van der Waals surface area contributed by atoms with Crippen molar-refractivity contribution < 1.29 is 19.1 Å². The number of nitrogens with zero attached hydrogens (tertiary/aromatic N) is 1. The van der Waals surface area contributed by atoms with Crippen molar-refractivity contribution in [1.82, 2.24) is 10.2 Å². The summed E-state index contributed by atoms with van der Waals surface area (Å²) in [6, 6.07) is 18.6. The summed E-state index contributed by atoms with van der Waals surface area (Å²) < 4.78 is 5.56. The van der Waals surface area contributed by atoms with E-state index in [1.807, 2.05) is 102 Å². The number of benzene rings is 3. The first-order valence-electron chi connectivity index (χ1n) is 15.0. The number of para-hydroxylation sites is 1. The van der Waals surface area contributed by atoms with Crippen LogP contribution >= 0.6 is 11.6 Å². The third-order valence-corrected chi connectivity index (χ3v) is 8.16. The predicted molar refractivity (Wildman–Crippen MR) is 178 cm³/mol. The largest absolute Gasteiger partial charge is 0.444 e. The van der Waals surface area contributed by atoms with Gasteiger partial charge in [0.2, 0.25) is 5.91 Å². The predicted octanol–water partition coefficient (Wildman–Crippen LogP) is 8.10. The molecule has 0 spiro atoms. The Morgan fingerprint density at radius 2 is 1.52 bits per heavy atom. The van der Waals surface area contributed by atoms with Crippen LogP contribution in [-0.4, -0.2) is 40.0 Å². The number of anilines is 1. The van der Waals surface area contributed by atoms with Crippen molar-refractivity contribution >= 4 is 35.2 Å². The molecule has 3 rings (SSSR count). The van der Waals surface area contributed by atoms with Crippen molar-refractivity contribution in [3.05, 3.63) is 99.6 Å². The van der Waals surface area contributed by atoms with E-state index in [1.54, 1.807) is 31.7 Å². The van der Waals surface area contributed by atoms with E-state index in [0.29, 0.717) is 22.7 Å². The summed E-state index contributed by atoms with van der Waals surface area (Å²) in [5.41, 5.74) is 3.29. The van der Waals surface area contributed by atoms with Crippen LogP contribution in [0.1, 0.15) is 81.8 Å². The van der Waals surface area contributed by atoms with Crippen LogP contribution in [0.4, 0.5) is 10.5 Å². The van der Waals surface area contributed by atoms with E-state index < -0.39 is 41.1 Å². The number of halogens is 1. The third-order valence-electron chi connectivity index (χ3n) is 7.85. The fraction of sp³-hybridized carbons (Fsp3) is 0.417. The highest BCUT2D eigenvalue weighted by Gasteiger charge is 2.43. The zero-order valence-corrected chi connectivity index (χ0v) is 28.1. The summed E-state index contributed by atoms with van der Waals surface area (Å²) in [4.78, 5) is 44.0. The lowest BCUT2D eigenvalue weighted by Crippen LogP contribution is -2.59. The van der Waals surface area contributed by atoms with Gasteiger partial charge in [-0.25, -0.2) is 4.79 Å². The van der Waals surface area contributed by atoms with Crippen LogP contribution in [0.2, 0.25) is 5.02 Å². The van der Waals surface area contributed by atoms with E-state index in [2.05, 4.69) is 10.6 Å². The van der Waals surface area contributed by atoms with E-state index in [1.165, 1.54) is 0 Å². The van der Waals surface area contributed by atoms with Crippen LogP contribution in [0.3, 0.4) is 0 Å². The van der Waals surface area contributed by atoms with Crippen LogP contribution < -0.4 is 10.6 Å². The average Bonchev–Trinajstić information content (AvgIpc) is 2.94. The van der Waals surface area contributed by atoms with Gasteiger partial charge in [-0.1, -0.05) is 79.2 Å². The van der Waals surface area contributed by atoms with Gasteiger partial charge in [-0.15, -0.1) is 0 Å². The van der Waals surface area contributed by atoms with Gasteiger partial charge >= 0.3 is 6.09 Å². The first kappa shape index (κ1) is 34.6. The number of carbonyl (C=O) groups excluding carboxylic acids is 3. The molecule has 0 saturated carbocycles. The Hall–Kier alpha value is -3.84. The number of amides is 3. The standard InChI is InChI=1S/C36H46ClN3O4/c1-10-36(8,9)40(33(42)29(22-26-16-12-11-13-17-26)38-34(43)44-35(5,6)7)31(27-20-19-23(2)25(4)21-27)32(41)39-30-24(3)15-14-18-28(30)37/h11-21,29,31H,10,22H2,1-9H3,(H,38,43)(H,39,41). The lowest BCUT2D eigenvalue weighted by molar-refractivity contribution is -0.147. The third kappa shape index (κ3) is 8.85. The smallest absolute Gasteiger partial charge is 0.408 e. The van der Waals surface area contributed by atoms with Gasteiger partial charge in [0, 0.05) is 12.0 Å². The molecule has 236 valence electrons. The van der Waals surface area contributed by atoms with Gasteiger partial charge in [0.15, 0.2) is 0 Å². The molecular formula is C36H46ClN3O4. The molecule has 0 fully saturated rings. The topological polar surface area (TPSA) is 87.7 Å². The van der Waals surface area contributed by atoms with Crippen LogP contribution in [0.25, 0.3) is 0 Å². The zero-order valence-electron chi connectivity index (χ0n) is 27.4. The molecule has 44 heavy (non-hydrogen) atoms. The van der Waals surface area contributed by atoms with Gasteiger partial charge in [-0.2, -0.15) is 0 Å². The normalized spacial score (nSPS) is 13.0. The molecule has 3 amide bonds. The summed E-state index contributed by atoms with van der Waals surface area (Å²) in [6.45, 7) is 17.0. The molecule has 0 aliphatic heterocycles. The quantitative estimate of drug-likeness (QED) is 0.240. The van der Waals surface area contributed by atoms with Gasteiger partial charge in [0.05, 0.1) is 10.7 Å². The number of nitrogens with one attached hydrogen (secondary N) is 2. The van der Waals surface area contributed by atoms with Crippen molar-refractivity contribution in [3.8, 4) is 0 Å². The molecule has 2 unspecified atom stereocenters. The Kier molecular flexibility index (Phi) is 11.3. The van der Waals surface area contributed by atoms with E-state index in [4.69, 9.17) is 16.3 Å². The van der Waals surface area contributed by atoms with Gasteiger partial charge in [0.25, 0.3) is 5.91 Å². The van der Waals surface area contributed by atoms with Crippen LogP contribution in [0.5, 0.6) is 0 Å². The summed E-state index contributed by atoms with van der Waals surface area (Å²) in [5.74, 6) is -0.809. The second-order valence-corrected chi connectivity index (χ2v) is 13.3. The van der Waals surface area contributed by atoms with E-state index >= 15 is 0 Å². The molecule has 3 aromatic carbocycles. The summed E-state index contributed by atoms with van der Waals surface area (Å²) >= 11 is 6.52. The van der Waals surface area contributed by atoms with Crippen molar-refractivity contribution in [1.29, 1.82) is 0 Å². The molecule has 0 saturated heterocycles. The minimum absolute atomic E-state index is 0.208. The Morgan fingerprint density at radius 1 is 0.864 bits per heavy atom. The van der Waals surface area contributed by atoms with Gasteiger partial charge in [0.1, 0.15) is 17.7 Å². The minimum atomic E-state index is -1.04. The molecule has 0 aliphatic carbocycles. The van der Waals surface area contributed by atoms with Crippen molar-refractivity contribution in [2.75, 3.05) is 5.32 Å². The van der Waals surface area contributed by atoms with Crippen LogP contribution in [-0.2, 0) is 20.7 Å². The maximum absolute atomic E-state index is 14.9. The number of alkyl carbamates (subject to hydrolysis) is 1. The second kappa shape index (κ2) is 14.3. The van der Waals surface area contributed by atoms with E-state index in [9.17, 15) is 14.4 Å². The molecule has 0 bridgehead atoms.